The zero-order valence-corrected chi connectivity index (χ0v) is 10.8. The van der Waals surface area contributed by atoms with Gasteiger partial charge in [0.15, 0.2) is 0 Å². The average molecular weight is 242 g/mol. The van der Waals surface area contributed by atoms with Crippen LogP contribution in [0.1, 0.15) is 18.1 Å². The highest BCUT2D eigenvalue weighted by Gasteiger charge is 1.99. The van der Waals surface area contributed by atoms with Gasteiger partial charge in [-0.15, -0.1) is 0 Å². The van der Waals surface area contributed by atoms with Gasteiger partial charge in [0.1, 0.15) is 0 Å². The van der Waals surface area contributed by atoms with Gasteiger partial charge < -0.3 is 10.6 Å². The van der Waals surface area contributed by atoms with Crippen molar-refractivity contribution < 1.29 is 0 Å². The second-order valence-electron chi connectivity index (χ2n) is 4.15. The van der Waals surface area contributed by atoms with E-state index in [1.54, 1.807) is 0 Å². The van der Waals surface area contributed by atoms with Crippen LogP contribution in [0.4, 0.5) is 11.4 Å². The van der Waals surface area contributed by atoms with Crippen LogP contribution in [0, 0.1) is 6.92 Å². The normalized spacial score (nSPS) is 10.1. The zero-order chi connectivity index (χ0) is 12.8. The van der Waals surface area contributed by atoms with Crippen molar-refractivity contribution in [3.63, 3.8) is 0 Å². The third-order valence-corrected chi connectivity index (χ3v) is 2.75. The molecule has 0 saturated carbocycles. The minimum absolute atomic E-state index is 0.761. The lowest BCUT2D eigenvalue weighted by atomic mass is 10.1. The van der Waals surface area contributed by atoms with Crippen molar-refractivity contribution in [2.24, 2.45) is 0 Å². The SMILES string of the molecule is CCNc1cncc(NCc2cnccc2C)c1. The Morgan fingerprint density at radius 1 is 1.06 bits per heavy atom. The van der Waals surface area contributed by atoms with Crippen LogP contribution in [-0.2, 0) is 6.54 Å². The standard InChI is InChI=1S/C14H18N4/c1-3-17-13-6-14(10-16-9-13)18-8-12-7-15-5-4-11(12)2/h4-7,9-10,17-18H,3,8H2,1-2H3. The fraction of sp³-hybridized carbons (Fsp3) is 0.286. The predicted molar refractivity (Wildman–Crippen MR) is 74.7 cm³/mol. The van der Waals surface area contributed by atoms with E-state index in [4.69, 9.17) is 0 Å². The van der Waals surface area contributed by atoms with E-state index in [0.29, 0.717) is 0 Å². The maximum absolute atomic E-state index is 4.20. The van der Waals surface area contributed by atoms with E-state index < -0.39 is 0 Å². The van der Waals surface area contributed by atoms with Crippen LogP contribution in [-0.4, -0.2) is 16.5 Å². The van der Waals surface area contributed by atoms with Crippen molar-refractivity contribution in [2.45, 2.75) is 20.4 Å². The molecule has 18 heavy (non-hydrogen) atoms. The summed E-state index contributed by atoms with van der Waals surface area (Å²) in [7, 11) is 0. The zero-order valence-electron chi connectivity index (χ0n) is 10.8. The van der Waals surface area contributed by atoms with Gasteiger partial charge in [0.25, 0.3) is 0 Å². The molecule has 2 N–H and O–H groups in total. The Morgan fingerprint density at radius 3 is 2.56 bits per heavy atom. The summed E-state index contributed by atoms with van der Waals surface area (Å²) >= 11 is 0. The maximum Gasteiger partial charge on any atom is 0.0550 e. The summed E-state index contributed by atoms with van der Waals surface area (Å²) in [5.74, 6) is 0. The molecule has 0 aromatic carbocycles. The average Bonchev–Trinajstić information content (AvgIpc) is 2.39. The predicted octanol–water partition coefficient (Wildman–Crippen LogP) is 2.83. The molecule has 0 bridgehead atoms. The first-order valence-corrected chi connectivity index (χ1v) is 6.12. The minimum atomic E-state index is 0.761. The first-order chi connectivity index (χ1) is 8.79. The molecule has 0 saturated heterocycles. The monoisotopic (exact) mass is 242 g/mol. The van der Waals surface area contributed by atoms with Crippen LogP contribution < -0.4 is 10.6 Å². The number of nitrogens with one attached hydrogen (secondary N) is 2. The molecule has 0 aliphatic rings. The van der Waals surface area contributed by atoms with Crippen molar-refractivity contribution in [3.05, 3.63) is 48.0 Å². The number of nitrogens with zero attached hydrogens (tertiary/aromatic N) is 2. The van der Waals surface area contributed by atoms with Gasteiger partial charge in [-0.1, -0.05) is 0 Å². The molecule has 0 atom stereocenters. The number of hydrogen-bond donors (Lipinski definition) is 2. The molecule has 0 spiro atoms. The van der Waals surface area contributed by atoms with Crippen LogP contribution >= 0.6 is 0 Å². The van der Waals surface area contributed by atoms with E-state index in [9.17, 15) is 0 Å². The Kier molecular flexibility index (Phi) is 4.12. The van der Waals surface area contributed by atoms with Crippen molar-refractivity contribution in [2.75, 3.05) is 17.2 Å². The van der Waals surface area contributed by atoms with Crippen LogP contribution in [0.15, 0.2) is 36.9 Å². The van der Waals surface area contributed by atoms with E-state index in [2.05, 4.69) is 40.5 Å². The summed E-state index contributed by atoms with van der Waals surface area (Å²) < 4.78 is 0. The summed E-state index contributed by atoms with van der Waals surface area (Å²) in [5.41, 5.74) is 4.49. The lowest BCUT2D eigenvalue weighted by molar-refractivity contribution is 1.08. The molecule has 0 radical (unpaired) electrons. The first kappa shape index (κ1) is 12.4. The number of aryl methyl sites for hydroxylation is 1. The molecule has 0 amide bonds. The number of hydrogen-bond acceptors (Lipinski definition) is 4. The Labute approximate surface area is 107 Å². The molecule has 2 rings (SSSR count). The molecule has 0 unspecified atom stereocenters. The largest absolute Gasteiger partial charge is 0.384 e. The molecule has 2 aromatic heterocycles. The Balaban J connectivity index is 2.02. The highest BCUT2D eigenvalue weighted by atomic mass is 14.9. The molecule has 2 aromatic rings. The van der Waals surface area contributed by atoms with Gasteiger partial charge in [-0.05, 0) is 37.1 Å². The summed E-state index contributed by atoms with van der Waals surface area (Å²) in [6.45, 7) is 5.81. The second-order valence-corrected chi connectivity index (χ2v) is 4.15. The van der Waals surface area contributed by atoms with Gasteiger partial charge in [-0.25, -0.2) is 0 Å². The topological polar surface area (TPSA) is 49.8 Å². The third kappa shape index (κ3) is 3.20. The summed E-state index contributed by atoms with van der Waals surface area (Å²) in [4.78, 5) is 8.33. The first-order valence-electron chi connectivity index (χ1n) is 6.12. The molecule has 2 heterocycles. The van der Waals surface area contributed by atoms with E-state index in [1.807, 2.05) is 30.9 Å². The lowest BCUT2D eigenvalue weighted by Gasteiger charge is -2.09. The molecule has 4 heteroatoms. The van der Waals surface area contributed by atoms with Crippen molar-refractivity contribution in [1.82, 2.24) is 9.97 Å². The van der Waals surface area contributed by atoms with Gasteiger partial charge in [0, 0.05) is 25.5 Å². The molecular formula is C14H18N4. The van der Waals surface area contributed by atoms with Crippen LogP contribution in [0.3, 0.4) is 0 Å². The van der Waals surface area contributed by atoms with Gasteiger partial charge in [0.05, 0.1) is 23.8 Å². The summed E-state index contributed by atoms with van der Waals surface area (Å²) in [6.07, 6.45) is 7.35. The Hall–Kier alpha value is -2.10. The molecule has 0 fully saturated rings. The quantitative estimate of drug-likeness (QED) is 0.846. The Bertz CT molecular complexity index is 511. The fourth-order valence-electron chi connectivity index (χ4n) is 1.72. The van der Waals surface area contributed by atoms with Gasteiger partial charge in [-0.2, -0.15) is 0 Å². The van der Waals surface area contributed by atoms with E-state index in [1.165, 1.54) is 11.1 Å². The van der Waals surface area contributed by atoms with Gasteiger partial charge >= 0.3 is 0 Å². The summed E-state index contributed by atoms with van der Waals surface area (Å²) in [6, 6.07) is 4.08. The van der Waals surface area contributed by atoms with E-state index in [0.717, 1.165) is 24.5 Å². The molecule has 0 aliphatic heterocycles. The fourth-order valence-corrected chi connectivity index (χ4v) is 1.72. The smallest absolute Gasteiger partial charge is 0.0550 e. The Morgan fingerprint density at radius 2 is 1.83 bits per heavy atom. The number of pyridine rings is 2. The number of rotatable bonds is 5. The van der Waals surface area contributed by atoms with E-state index >= 15 is 0 Å². The molecule has 4 nitrogen and oxygen atoms in total. The molecular weight excluding hydrogens is 224 g/mol. The molecule has 0 aliphatic carbocycles. The van der Waals surface area contributed by atoms with Crippen LogP contribution in [0.2, 0.25) is 0 Å². The number of aromatic nitrogens is 2. The van der Waals surface area contributed by atoms with Crippen molar-refractivity contribution >= 4 is 11.4 Å². The number of anilines is 2. The summed E-state index contributed by atoms with van der Waals surface area (Å²) in [5, 5.41) is 6.60. The highest BCUT2D eigenvalue weighted by Crippen LogP contribution is 2.14. The highest BCUT2D eigenvalue weighted by molar-refractivity contribution is 5.54. The maximum atomic E-state index is 4.20. The van der Waals surface area contributed by atoms with Crippen LogP contribution in [0.25, 0.3) is 0 Å². The lowest BCUT2D eigenvalue weighted by Crippen LogP contribution is -2.03. The second kappa shape index (κ2) is 6.00. The van der Waals surface area contributed by atoms with Crippen molar-refractivity contribution in [3.8, 4) is 0 Å². The minimum Gasteiger partial charge on any atom is -0.384 e. The van der Waals surface area contributed by atoms with Gasteiger partial charge in [0.2, 0.25) is 0 Å². The van der Waals surface area contributed by atoms with E-state index in [-0.39, 0.29) is 0 Å². The van der Waals surface area contributed by atoms with Crippen molar-refractivity contribution in [1.29, 1.82) is 0 Å². The van der Waals surface area contributed by atoms with Crippen LogP contribution in [0.5, 0.6) is 0 Å². The molecule has 94 valence electrons. The third-order valence-electron chi connectivity index (χ3n) is 2.75. The van der Waals surface area contributed by atoms with Gasteiger partial charge in [-0.3, -0.25) is 9.97 Å².